The van der Waals surface area contributed by atoms with E-state index in [2.05, 4.69) is 14.7 Å². The highest BCUT2D eigenvalue weighted by molar-refractivity contribution is 7.09. The van der Waals surface area contributed by atoms with Gasteiger partial charge in [-0.25, -0.2) is 9.37 Å². The molecule has 2 aromatic rings. The molecule has 0 saturated heterocycles. The van der Waals surface area contributed by atoms with E-state index < -0.39 is 11.9 Å². The molecule has 21 heavy (non-hydrogen) atoms. The fourth-order valence-electron chi connectivity index (χ4n) is 1.64. The lowest BCUT2D eigenvalue weighted by Crippen LogP contribution is -2.12. The van der Waals surface area contributed by atoms with Crippen molar-refractivity contribution in [2.24, 2.45) is 0 Å². The third-order valence-corrected chi connectivity index (χ3v) is 3.79. The molecule has 0 radical (unpaired) electrons. The number of aliphatic hydroxyl groups excluding tert-OH is 1. The lowest BCUT2D eigenvalue weighted by atomic mass is 10.1. The van der Waals surface area contributed by atoms with Crippen molar-refractivity contribution in [3.05, 3.63) is 40.4 Å². The van der Waals surface area contributed by atoms with E-state index in [0.717, 1.165) is 0 Å². The highest BCUT2D eigenvalue weighted by Gasteiger charge is 2.11. The second kappa shape index (κ2) is 7.65. The summed E-state index contributed by atoms with van der Waals surface area (Å²) in [5, 5.41) is 13.6. The Labute approximate surface area is 130 Å². The first kappa shape index (κ1) is 16.1. The number of anilines is 1. The first-order valence-corrected chi connectivity index (χ1v) is 7.43. The van der Waals surface area contributed by atoms with Gasteiger partial charge < -0.3 is 15.2 Å². The lowest BCUT2D eigenvalue weighted by molar-refractivity contribution is 0.191. The van der Waals surface area contributed by atoms with Crippen LogP contribution in [0.15, 0.2) is 18.2 Å². The number of hydrogen-bond acceptors (Lipinski definition) is 6. The molecule has 5 nitrogen and oxygen atoms in total. The van der Waals surface area contributed by atoms with Gasteiger partial charge in [-0.2, -0.15) is 4.37 Å². The zero-order valence-electron chi connectivity index (χ0n) is 11.3. The Morgan fingerprint density at radius 3 is 3.05 bits per heavy atom. The van der Waals surface area contributed by atoms with E-state index in [9.17, 15) is 9.50 Å². The molecule has 0 aliphatic carbocycles. The highest BCUT2D eigenvalue weighted by Crippen LogP contribution is 2.21. The van der Waals surface area contributed by atoms with Gasteiger partial charge in [0.05, 0.1) is 17.7 Å². The van der Waals surface area contributed by atoms with Crippen LogP contribution in [-0.4, -0.2) is 34.7 Å². The normalized spacial score (nSPS) is 12.4. The minimum Gasteiger partial charge on any atom is -0.387 e. The number of aliphatic hydroxyl groups is 1. The van der Waals surface area contributed by atoms with E-state index in [0.29, 0.717) is 29.5 Å². The van der Waals surface area contributed by atoms with Gasteiger partial charge in [0.2, 0.25) is 5.13 Å². The molecule has 1 atom stereocenters. The molecule has 0 fully saturated rings. The molecule has 1 heterocycles. The van der Waals surface area contributed by atoms with Crippen LogP contribution in [0.1, 0.15) is 17.5 Å². The molecule has 1 aromatic carbocycles. The van der Waals surface area contributed by atoms with Gasteiger partial charge in [-0.15, -0.1) is 0 Å². The summed E-state index contributed by atoms with van der Waals surface area (Å²) >= 11 is 6.81. The van der Waals surface area contributed by atoms with E-state index in [1.165, 1.54) is 23.7 Å². The zero-order chi connectivity index (χ0) is 15.2. The number of nitrogens with one attached hydrogen (secondary N) is 1. The molecule has 0 amide bonds. The topological polar surface area (TPSA) is 67.3 Å². The number of rotatable bonds is 7. The summed E-state index contributed by atoms with van der Waals surface area (Å²) in [5.41, 5.74) is 0.452. The van der Waals surface area contributed by atoms with Crippen molar-refractivity contribution in [2.45, 2.75) is 12.5 Å². The minimum absolute atomic E-state index is 0.0332. The van der Waals surface area contributed by atoms with Crippen molar-refractivity contribution in [1.82, 2.24) is 9.36 Å². The molecule has 1 aromatic heterocycles. The maximum atomic E-state index is 13.3. The SMILES string of the molecule is COCCc1nsc(NCC(O)c2ccc(Cl)c(F)c2)n1. The van der Waals surface area contributed by atoms with E-state index in [-0.39, 0.29) is 11.6 Å². The van der Waals surface area contributed by atoms with Gasteiger partial charge in [-0.05, 0) is 17.7 Å². The number of benzene rings is 1. The van der Waals surface area contributed by atoms with Gasteiger partial charge in [0, 0.05) is 31.6 Å². The molecule has 0 aliphatic rings. The Bertz CT molecular complexity index is 597. The second-order valence-electron chi connectivity index (χ2n) is 4.33. The van der Waals surface area contributed by atoms with Crippen LogP contribution in [0.5, 0.6) is 0 Å². The molecule has 8 heteroatoms. The number of ether oxygens (including phenoxy) is 1. The first-order chi connectivity index (χ1) is 10.1. The molecule has 0 saturated carbocycles. The average Bonchev–Trinajstić information content (AvgIpc) is 2.93. The number of nitrogens with zero attached hydrogens (tertiary/aromatic N) is 2. The molecule has 0 aliphatic heterocycles. The number of aromatic nitrogens is 2. The van der Waals surface area contributed by atoms with E-state index in [1.807, 2.05) is 0 Å². The van der Waals surface area contributed by atoms with Crippen LogP contribution in [-0.2, 0) is 11.2 Å². The zero-order valence-corrected chi connectivity index (χ0v) is 12.9. The number of halogens is 2. The Balaban J connectivity index is 1.89. The van der Waals surface area contributed by atoms with Crippen LogP contribution in [0, 0.1) is 5.82 Å². The van der Waals surface area contributed by atoms with Crippen LogP contribution < -0.4 is 5.32 Å². The van der Waals surface area contributed by atoms with Crippen molar-refractivity contribution in [3.8, 4) is 0 Å². The first-order valence-electron chi connectivity index (χ1n) is 6.28. The van der Waals surface area contributed by atoms with Gasteiger partial charge in [-0.3, -0.25) is 0 Å². The van der Waals surface area contributed by atoms with Crippen molar-refractivity contribution in [3.63, 3.8) is 0 Å². The van der Waals surface area contributed by atoms with Crippen LogP contribution in [0.2, 0.25) is 5.02 Å². The minimum atomic E-state index is -0.858. The van der Waals surface area contributed by atoms with Gasteiger partial charge in [0.25, 0.3) is 0 Å². The Morgan fingerprint density at radius 1 is 1.52 bits per heavy atom. The molecular formula is C13H15ClFN3O2S. The Morgan fingerprint density at radius 2 is 2.33 bits per heavy atom. The van der Waals surface area contributed by atoms with Crippen LogP contribution in [0.3, 0.4) is 0 Å². The molecule has 2 rings (SSSR count). The summed E-state index contributed by atoms with van der Waals surface area (Å²) in [7, 11) is 1.62. The summed E-state index contributed by atoms with van der Waals surface area (Å²) in [6.45, 7) is 0.767. The molecule has 0 spiro atoms. The molecule has 0 bridgehead atoms. The van der Waals surface area contributed by atoms with Crippen LogP contribution in [0.4, 0.5) is 9.52 Å². The standard InChI is InChI=1S/C13H15ClFN3O2S/c1-20-5-4-12-17-13(21-18-12)16-7-11(19)8-2-3-9(14)10(15)6-8/h2-3,6,11,19H,4-5,7H2,1H3,(H,16,17,18). The summed E-state index contributed by atoms with van der Waals surface area (Å²) in [6, 6.07) is 4.23. The third kappa shape index (κ3) is 4.60. The number of hydrogen-bond donors (Lipinski definition) is 2. The largest absolute Gasteiger partial charge is 0.387 e. The predicted octanol–water partition coefficient (Wildman–Crippen LogP) is 2.67. The second-order valence-corrected chi connectivity index (χ2v) is 5.49. The number of methoxy groups -OCH3 is 1. The van der Waals surface area contributed by atoms with Gasteiger partial charge in [-0.1, -0.05) is 17.7 Å². The molecule has 2 N–H and O–H groups in total. The van der Waals surface area contributed by atoms with Gasteiger partial charge >= 0.3 is 0 Å². The quantitative estimate of drug-likeness (QED) is 0.816. The van der Waals surface area contributed by atoms with Crippen LogP contribution >= 0.6 is 23.1 Å². The third-order valence-electron chi connectivity index (χ3n) is 2.77. The summed E-state index contributed by atoms with van der Waals surface area (Å²) in [6.07, 6.45) is -0.220. The van der Waals surface area contributed by atoms with Crippen LogP contribution in [0.25, 0.3) is 0 Å². The van der Waals surface area contributed by atoms with E-state index >= 15 is 0 Å². The monoisotopic (exact) mass is 331 g/mol. The van der Waals surface area contributed by atoms with Crippen molar-refractivity contribution < 1.29 is 14.2 Å². The Kier molecular flexibility index (Phi) is 5.86. The van der Waals surface area contributed by atoms with E-state index in [1.54, 1.807) is 13.2 Å². The predicted molar refractivity (Wildman–Crippen MR) is 80.3 cm³/mol. The molecular weight excluding hydrogens is 317 g/mol. The highest BCUT2D eigenvalue weighted by atomic mass is 35.5. The fourth-order valence-corrected chi connectivity index (χ4v) is 2.38. The average molecular weight is 332 g/mol. The molecule has 1 unspecified atom stereocenters. The van der Waals surface area contributed by atoms with Crippen molar-refractivity contribution >= 4 is 28.3 Å². The maximum Gasteiger partial charge on any atom is 0.202 e. The fraction of sp³-hybridized carbons (Fsp3) is 0.385. The van der Waals surface area contributed by atoms with Crippen molar-refractivity contribution in [2.75, 3.05) is 25.6 Å². The maximum absolute atomic E-state index is 13.3. The van der Waals surface area contributed by atoms with Crippen molar-refractivity contribution in [1.29, 1.82) is 0 Å². The lowest BCUT2D eigenvalue weighted by Gasteiger charge is -2.11. The summed E-state index contributed by atoms with van der Waals surface area (Å²) < 4.78 is 22.4. The summed E-state index contributed by atoms with van der Waals surface area (Å²) in [4.78, 5) is 4.26. The van der Waals surface area contributed by atoms with Gasteiger partial charge in [0.15, 0.2) is 0 Å². The molecule has 114 valence electrons. The summed E-state index contributed by atoms with van der Waals surface area (Å²) in [5.74, 6) is 0.141. The Hall–Kier alpha value is -1.28. The van der Waals surface area contributed by atoms with Gasteiger partial charge in [0.1, 0.15) is 11.6 Å². The van der Waals surface area contributed by atoms with E-state index in [4.69, 9.17) is 16.3 Å². The smallest absolute Gasteiger partial charge is 0.202 e.